The van der Waals surface area contributed by atoms with Gasteiger partial charge in [0.05, 0.1) is 0 Å². The molecule has 1 atom stereocenters. The van der Waals surface area contributed by atoms with E-state index in [-0.39, 0.29) is 5.91 Å². The zero-order chi connectivity index (χ0) is 17.7. The van der Waals surface area contributed by atoms with E-state index in [1.165, 1.54) is 0 Å². The first-order valence-electron chi connectivity index (χ1n) is 8.45. The van der Waals surface area contributed by atoms with Crippen LogP contribution >= 0.6 is 0 Å². The van der Waals surface area contributed by atoms with Gasteiger partial charge in [-0.1, -0.05) is 6.07 Å². The third-order valence-corrected chi connectivity index (χ3v) is 3.87. The second-order valence-corrected chi connectivity index (χ2v) is 7.21. The topological polar surface area (TPSA) is 71.5 Å². The van der Waals surface area contributed by atoms with E-state index in [4.69, 9.17) is 4.74 Å². The predicted octanol–water partition coefficient (Wildman–Crippen LogP) is 2.80. The molecule has 6 heteroatoms. The maximum absolute atomic E-state index is 12.5. The normalized spacial score (nSPS) is 18.2. The highest BCUT2D eigenvalue weighted by Gasteiger charge is 2.34. The molecule has 2 amide bonds. The Bertz CT molecular complexity index is 578. The quantitative estimate of drug-likeness (QED) is 0.923. The SMILES string of the molecule is Cc1ccc(CNC(=O)C2CCCCN2C(=O)OC(C)(C)C)cn1. The lowest BCUT2D eigenvalue weighted by molar-refractivity contribution is -0.127. The number of carbonyl (C=O) groups is 2. The van der Waals surface area contributed by atoms with Crippen LogP contribution in [0.15, 0.2) is 18.3 Å². The van der Waals surface area contributed by atoms with Gasteiger partial charge in [-0.05, 0) is 58.6 Å². The maximum atomic E-state index is 12.5. The molecule has 2 rings (SSSR count). The predicted molar refractivity (Wildman–Crippen MR) is 91.4 cm³/mol. The van der Waals surface area contributed by atoms with Crippen molar-refractivity contribution in [3.8, 4) is 0 Å². The number of hydrogen-bond acceptors (Lipinski definition) is 4. The second-order valence-electron chi connectivity index (χ2n) is 7.21. The van der Waals surface area contributed by atoms with E-state index < -0.39 is 17.7 Å². The molecule has 1 saturated heterocycles. The summed E-state index contributed by atoms with van der Waals surface area (Å²) in [6.07, 6.45) is 3.83. The monoisotopic (exact) mass is 333 g/mol. The largest absolute Gasteiger partial charge is 0.444 e. The molecule has 1 unspecified atom stereocenters. The van der Waals surface area contributed by atoms with Gasteiger partial charge in [-0.2, -0.15) is 0 Å². The Morgan fingerprint density at radius 2 is 2.08 bits per heavy atom. The Hall–Kier alpha value is -2.11. The number of rotatable bonds is 3. The van der Waals surface area contributed by atoms with Gasteiger partial charge in [0.15, 0.2) is 0 Å². The van der Waals surface area contributed by atoms with Crippen molar-refractivity contribution in [2.45, 2.75) is 65.1 Å². The van der Waals surface area contributed by atoms with Crippen molar-refractivity contribution in [1.29, 1.82) is 0 Å². The van der Waals surface area contributed by atoms with Crippen LogP contribution < -0.4 is 5.32 Å². The molecule has 1 aromatic rings. The van der Waals surface area contributed by atoms with E-state index in [9.17, 15) is 9.59 Å². The van der Waals surface area contributed by atoms with Crippen molar-refractivity contribution in [2.24, 2.45) is 0 Å². The molecule has 0 spiro atoms. The highest BCUT2D eigenvalue weighted by molar-refractivity contribution is 5.85. The van der Waals surface area contributed by atoms with Crippen molar-refractivity contribution in [3.05, 3.63) is 29.6 Å². The van der Waals surface area contributed by atoms with Crippen LogP contribution in [0.2, 0.25) is 0 Å². The Balaban J connectivity index is 1.97. The molecule has 0 aliphatic carbocycles. The van der Waals surface area contributed by atoms with Crippen LogP contribution in [0.4, 0.5) is 4.79 Å². The fourth-order valence-corrected chi connectivity index (χ4v) is 2.65. The first-order valence-corrected chi connectivity index (χ1v) is 8.45. The molecule has 132 valence electrons. The van der Waals surface area contributed by atoms with Gasteiger partial charge in [0.2, 0.25) is 5.91 Å². The van der Waals surface area contributed by atoms with Gasteiger partial charge < -0.3 is 10.1 Å². The molecular formula is C18H27N3O3. The number of nitrogens with zero attached hydrogens (tertiary/aromatic N) is 2. The summed E-state index contributed by atoms with van der Waals surface area (Å²) in [6.45, 7) is 8.36. The number of aryl methyl sites for hydroxylation is 1. The Kier molecular flexibility index (Phi) is 5.80. The number of nitrogens with one attached hydrogen (secondary N) is 1. The fourth-order valence-electron chi connectivity index (χ4n) is 2.65. The molecule has 1 aromatic heterocycles. The molecule has 1 N–H and O–H groups in total. The van der Waals surface area contributed by atoms with Crippen LogP contribution in [-0.4, -0.2) is 40.1 Å². The van der Waals surface area contributed by atoms with Crippen LogP contribution in [0.25, 0.3) is 0 Å². The Morgan fingerprint density at radius 1 is 1.33 bits per heavy atom. The van der Waals surface area contributed by atoms with Gasteiger partial charge in [-0.15, -0.1) is 0 Å². The van der Waals surface area contributed by atoms with Crippen molar-refractivity contribution >= 4 is 12.0 Å². The summed E-state index contributed by atoms with van der Waals surface area (Å²) in [5.74, 6) is -0.138. The van der Waals surface area contributed by atoms with Crippen molar-refractivity contribution in [2.75, 3.05) is 6.54 Å². The average Bonchev–Trinajstić information content (AvgIpc) is 2.52. The summed E-state index contributed by atoms with van der Waals surface area (Å²) in [7, 11) is 0. The molecular weight excluding hydrogens is 306 g/mol. The van der Waals surface area contributed by atoms with E-state index in [1.54, 1.807) is 11.1 Å². The van der Waals surface area contributed by atoms with E-state index in [0.717, 1.165) is 24.1 Å². The molecule has 0 bridgehead atoms. The molecule has 2 heterocycles. The average molecular weight is 333 g/mol. The van der Waals surface area contributed by atoms with Crippen molar-refractivity contribution < 1.29 is 14.3 Å². The van der Waals surface area contributed by atoms with Crippen LogP contribution in [0.1, 0.15) is 51.3 Å². The van der Waals surface area contributed by atoms with E-state index in [0.29, 0.717) is 19.5 Å². The van der Waals surface area contributed by atoms with Gasteiger partial charge in [-0.25, -0.2) is 4.79 Å². The minimum absolute atomic E-state index is 0.138. The molecule has 1 aliphatic heterocycles. The first kappa shape index (κ1) is 18.2. The van der Waals surface area contributed by atoms with Crippen molar-refractivity contribution in [3.63, 3.8) is 0 Å². The molecule has 1 fully saturated rings. The number of ether oxygens (including phenoxy) is 1. The summed E-state index contributed by atoms with van der Waals surface area (Å²) in [5.41, 5.74) is 1.31. The lowest BCUT2D eigenvalue weighted by atomic mass is 10.0. The minimum atomic E-state index is -0.566. The molecule has 24 heavy (non-hydrogen) atoms. The number of aromatic nitrogens is 1. The summed E-state index contributed by atoms with van der Waals surface area (Å²) < 4.78 is 5.43. The number of carbonyl (C=O) groups excluding carboxylic acids is 2. The molecule has 0 aromatic carbocycles. The number of amides is 2. The van der Waals surface area contributed by atoms with Gasteiger partial charge in [-0.3, -0.25) is 14.7 Å². The standard InChI is InChI=1S/C18H27N3O3/c1-13-8-9-14(11-19-13)12-20-16(22)15-7-5-6-10-21(15)17(23)24-18(2,3)4/h8-9,11,15H,5-7,10,12H2,1-4H3,(H,20,22). The minimum Gasteiger partial charge on any atom is -0.444 e. The van der Waals surface area contributed by atoms with E-state index >= 15 is 0 Å². The Morgan fingerprint density at radius 3 is 2.71 bits per heavy atom. The smallest absolute Gasteiger partial charge is 0.410 e. The lowest BCUT2D eigenvalue weighted by Gasteiger charge is -2.35. The zero-order valence-electron chi connectivity index (χ0n) is 15.0. The van der Waals surface area contributed by atoms with Crippen molar-refractivity contribution in [1.82, 2.24) is 15.2 Å². The van der Waals surface area contributed by atoms with Crippen LogP contribution in [0.3, 0.4) is 0 Å². The van der Waals surface area contributed by atoms with Gasteiger partial charge in [0, 0.05) is 25.0 Å². The number of likely N-dealkylation sites (tertiary alicyclic amines) is 1. The molecule has 1 aliphatic rings. The maximum Gasteiger partial charge on any atom is 0.410 e. The van der Waals surface area contributed by atoms with Crippen LogP contribution in [0.5, 0.6) is 0 Å². The van der Waals surface area contributed by atoms with Crippen LogP contribution in [0, 0.1) is 6.92 Å². The number of pyridine rings is 1. The number of hydrogen-bond donors (Lipinski definition) is 1. The molecule has 6 nitrogen and oxygen atoms in total. The summed E-state index contributed by atoms with van der Waals surface area (Å²) in [4.78, 5) is 30.7. The highest BCUT2D eigenvalue weighted by atomic mass is 16.6. The van der Waals surface area contributed by atoms with E-state index in [2.05, 4.69) is 10.3 Å². The highest BCUT2D eigenvalue weighted by Crippen LogP contribution is 2.20. The second kappa shape index (κ2) is 7.64. The summed E-state index contributed by atoms with van der Waals surface area (Å²) in [6, 6.07) is 3.39. The third-order valence-electron chi connectivity index (χ3n) is 3.87. The zero-order valence-corrected chi connectivity index (χ0v) is 15.0. The fraction of sp³-hybridized carbons (Fsp3) is 0.611. The summed E-state index contributed by atoms with van der Waals surface area (Å²) in [5, 5.41) is 2.91. The van der Waals surface area contributed by atoms with Crippen LogP contribution in [-0.2, 0) is 16.1 Å². The lowest BCUT2D eigenvalue weighted by Crippen LogP contribution is -2.52. The first-order chi connectivity index (χ1) is 11.3. The Labute approximate surface area is 143 Å². The van der Waals surface area contributed by atoms with E-state index in [1.807, 2.05) is 39.8 Å². The number of piperidine rings is 1. The van der Waals surface area contributed by atoms with Gasteiger partial charge >= 0.3 is 6.09 Å². The van der Waals surface area contributed by atoms with Gasteiger partial charge in [0.25, 0.3) is 0 Å². The summed E-state index contributed by atoms with van der Waals surface area (Å²) >= 11 is 0. The molecule has 0 saturated carbocycles. The molecule has 0 radical (unpaired) electrons. The van der Waals surface area contributed by atoms with Gasteiger partial charge in [0.1, 0.15) is 11.6 Å². The third kappa shape index (κ3) is 5.22.